The molecule has 0 radical (unpaired) electrons. The molecule has 0 aromatic heterocycles. The van der Waals surface area contributed by atoms with Crippen molar-refractivity contribution in [2.24, 2.45) is 0 Å². The number of hydrogen-bond acceptors (Lipinski definition) is 3. The third kappa shape index (κ3) is 1.81. The first-order chi connectivity index (χ1) is 8.48. The number of carbonyl (C=O) groups excluding carboxylic acids is 1. The molecule has 1 heterocycles. The minimum absolute atomic E-state index is 0.0653. The van der Waals surface area contributed by atoms with E-state index in [9.17, 15) is 19.8 Å². The first kappa shape index (κ1) is 12.7. The van der Waals surface area contributed by atoms with Crippen molar-refractivity contribution >= 4 is 12.0 Å². The van der Waals surface area contributed by atoms with E-state index in [1.54, 1.807) is 37.3 Å². The molecule has 0 aliphatic carbocycles. The zero-order chi connectivity index (χ0) is 13.3. The number of amides is 2. The number of aliphatic hydroxyl groups excluding tert-OH is 1. The van der Waals surface area contributed by atoms with Crippen LogP contribution < -0.4 is 0 Å². The van der Waals surface area contributed by atoms with Crippen molar-refractivity contribution in [3.05, 3.63) is 35.9 Å². The Morgan fingerprint density at radius 3 is 2.33 bits per heavy atom. The fraction of sp³-hybridized carbons (Fsp3) is 0.385. The summed E-state index contributed by atoms with van der Waals surface area (Å²) in [5.41, 5.74) is 0.362. The van der Waals surface area contributed by atoms with Crippen LogP contribution in [0.5, 0.6) is 0 Å². The molecule has 2 N–H and O–H groups in total. The predicted molar refractivity (Wildman–Crippen MR) is 64.0 cm³/mol. The van der Waals surface area contributed by atoms with Crippen molar-refractivity contribution in [2.45, 2.75) is 25.5 Å². The van der Waals surface area contributed by atoms with Gasteiger partial charge in [0.05, 0.1) is 5.56 Å². The Bertz CT molecular complexity index is 473. The maximum Gasteiger partial charge on any atom is 0.521 e. The molecule has 1 aromatic carbocycles. The van der Waals surface area contributed by atoms with Gasteiger partial charge in [-0.3, -0.25) is 0 Å². The van der Waals surface area contributed by atoms with Crippen LogP contribution in [0.15, 0.2) is 30.3 Å². The predicted octanol–water partition coefficient (Wildman–Crippen LogP) is 1.47. The Hall–Kier alpha value is -1.72. The van der Waals surface area contributed by atoms with E-state index in [-0.39, 0.29) is 6.54 Å². The molecule has 2 rings (SSSR count). The smallest absolute Gasteiger partial charge is 0.435 e. The molecule has 1 aliphatic heterocycles. The second-order valence-corrected chi connectivity index (χ2v) is 4.74. The van der Waals surface area contributed by atoms with Crippen molar-refractivity contribution < 1.29 is 24.3 Å². The lowest BCUT2D eigenvalue weighted by Crippen LogP contribution is -2.59. The van der Waals surface area contributed by atoms with Crippen molar-refractivity contribution in [1.29, 1.82) is 0 Å². The van der Waals surface area contributed by atoms with Crippen LogP contribution in [0, 0.1) is 0 Å². The number of quaternary nitrogens is 1. The fourth-order valence-electron chi connectivity index (χ4n) is 2.61. The quantitative estimate of drug-likeness (QED) is 0.740. The Labute approximate surface area is 105 Å². The van der Waals surface area contributed by atoms with Crippen LogP contribution in [0.25, 0.3) is 0 Å². The molecule has 1 saturated heterocycles. The summed E-state index contributed by atoms with van der Waals surface area (Å²) in [5.74, 6) is -0.466. The Morgan fingerprint density at radius 2 is 1.89 bits per heavy atom. The van der Waals surface area contributed by atoms with E-state index in [0.717, 1.165) is 0 Å². The number of carbonyl (C=O) groups is 2. The maximum absolute atomic E-state index is 12.4. The zero-order valence-electron chi connectivity index (χ0n) is 10.1. The summed E-state index contributed by atoms with van der Waals surface area (Å²) in [6.07, 6.45) is -1.62. The molecule has 96 valence electrons. The van der Waals surface area contributed by atoms with Crippen molar-refractivity contribution in [3.63, 3.8) is 0 Å². The summed E-state index contributed by atoms with van der Waals surface area (Å²) in [6, 6.07) is 7.94. The molecule has 1 aromatic rings. The minimum atomic E-state index is -1.20. The Kier molecular flexibility index (Phi) is 3.19. The number of likely N-dealkylation sites (tertiary alicyclic amines) is 1. The first-order valence-electron chi connectivity index (χ1n) is 5.87. The number of imide groups is 1. The summed E-state index contributed by atoms with van der Waals surface area (Å²) in [7, 11) is 0. The van der Waals surface area contributed by atoms with Gasteiger partial charge in [0.1, 0.15) is 18.7 Å². The molecule has 18 heavy (non-hydrogen) atoms. The Balaban J connectivity index is 2.44. The molecular weight excluding hydrogens is 234 g/mol. The highest BCUT2D eigenvalue weighted by molar-refractivity contribution is 5.94. The van der Waals surface area contributed by atoms with Gasteiger partial charge in [0.25, 0.3) is 0 Å². The van der Waals surface area contributed by atoms with Gasteiger partial charge >= 0.3 is 12.0 Å². The number of nitrogens with zero attached hydrogens (tertiary/aromatic N) is 1. The molecule has 3 atom stereocenters. The summed E-state index contributed by atoms with van der Waals surface area (Å²) in [5, 5.41) is 19.1. The van der Waals surface area contributed by atoms with E-state index in [2.05, 4.69) is 0 Å². The number of aliphatic hydroxyl groups is 1. The maximum atomic E-state index is 12.4. The van der Waals surface area contributed by atoms with Crippen molar-refractivity contribution in [1.82, 2.24) is 0 Å². The van der Waals surface area contributed by atoms with Gasteiger partial charge in [-0.1, -0.05) is 18.2 Å². The minimum Gasteiger partial charge on any atom is -0.435 e. The van der Waals surface area contributed by atoms with Crippen molar-refractivity contribution in [3.8, 4) is 0 Å². The summed E-state index contributed by atoms with van der Waals surface area (Å²) in [4.78, 5) is 24.0. The van der Waals surface area contributed by atoms with Gasteiger partial charge in [-0.05, 0) is 19.1 Å². The second-order valence-electron chi connectivity index (χ2n) is 4.74. The highest BCUT2D eigenvalue weighted by atomic mass is 16.4. The standard InChI is InChI=1S/C13H15NO4/c1-9-7-11(15)8-14(9,13(17)18)12(16)10-5-3-2-4-6-10/h2-6,9,11,15H,7-8H2,1H3/p+1/t9?,11-,14?/m1/s1. The van der Waals surface area contributed by atoms with Crippen LogP contribution in [0.3, 0.4) is 0 Å². The van der Waals surface area contributed by atoms with Crippen LogP contribution in [-0.2, 0) is 0 Å². The van der Waals surface area contributed by atoms with E-state index in [0.29, 0.717) is 12.0 Å². The number of carboxylic acid groups (broad SMARTS) is 1. The lowest BCUT2D eigenvalue weighted by atomic mass is 10.1. The normalized spacial score (nSPS) is 31.2. The van der Waals surface area contributed by atoms with E-state index in [1.165, 1.54) is 0 Å². The fourth-order valence-corrected chi connectivity index (χ4v) is 2.61. The highest BCUT2D eigenvalue weighted by Gasteiger charge is 2.56. The molecule has 0 saturated carbocycles. The largest absolute Gasteiger partial charge is 0.521 e. The molecule has 1 fully saturated rings. The van der Waals surface area contributed by atoms with Gasteiger partial charge in [0.15, 0.2) is 0 Å². The third-order valence-electron chi connectivity index (χ3n) is 3.59. The molecular formula is C13H16NO4+. The molecule has 2 unspecified atom stereocenters. The molecule has 5 heteroatoms. The number of benzene rings is 1. The first-order valence-corrected chi connectivity index (χ1v) is 5.87. The molecule has 0 spiro atoms. The molecule has 5 nitrogen and oxygen atoms in total. The number of hydrogen-bond donors (Lipinski definition) is 2. The van der Waals surface area contributed by atoms with Gasteiger partial charge in [-0.2, -0.15) is 9.28 Å². The van der Waals surface area contributed by atoms with Gasteiger partial charge < -0.3 is 10.2 Å². The van der Waals surface area contributed by atoms with Crippen LogP contribution in [-0.4, -0.2) is 45.4 Å². The van der Waals surface area contributed by atoms with Gasteiger partial charge in [0, 0.05) is 6.42 Å². The van der Waals surface area contributed by atoms with Crippen LogP contribution in [0.1, 0.15) is 23.7 Å². The monoisotopic (exact) mass is 250 g/mol. The van der Waals surface area contributed by atoms with Crippen molar-refractivity contribution in [2.75, 3.05) is 6.54 Å². The lowest BCUT2D eigenvalue weighted by molar-refractivity contribution is -0.787. The SMILES string of the molecule is CC1C[C@@H](O)C[N+]1(C(=O)O)C(=O)c1ccccc1. The topological polar surface area (TPSA) is 74.6 Å². The van der Waals surface area contributed by atoms with Crippen LogP contribution in [0.2, 0.25) is 0 Å². The van der Waals surface area contributed by atoms with Crippen LogP contribution in [0.4, 0.5) is 4.79 Å². The molecule has 0 bridgehead atoms. The number of rotatable bonds is 1. The van der Waals surface area contributed by atoms with E-state index in [1.807, 2.05) is 0 Å². The zero-order valence-corrected chi connectivity index (χ0v) is 10.1. The van der Waals surface area contributed by atoms with Gasteiger partial charge in [0.2, 0.25) is 0 Å². The summed E-state index contributed by atoms with van der Waals surface area (Å²) >= 11 is 0. The van der Waals surface area contributed by atoms with E-state index >= 15 is 0 Å². The van der Waals surface area contributed by atoms with Crippen LogP contribution >= 0.6 is 0 Å². The Morgan fingerprint density at radius 1 is 1.28 bits per heavy atom. The van der Waals surface area contributed by atoms with E-state index < -0.39 is 28.6 Å². The van der Waals surface area contributed by atoms with Gasteiger partial charge in [-0.15, -0.1) is 0 Å². The average Bonchev–Trinajstić information content (AvgIpc) is 2.65. The lowest BCUT2D eigenvalue weighted by Gasteiger charge is -2.29. The highest BCUT2D eigenvalue weighted by Crippen LogP contribution is 2.30. The summed E-state index contributed by atoms with van der Waals surface area (Å²) < 4.78 is -0.717. The summed E-state index contributed by atoms with van der Waals surface area (Å²) in [6.45, 7) is 1.62. The third-order valence-corrected chi connectivity index (χ3v) is 3.59. The second kappa shape index (κ2) is 4.51. The average molecular weight is 250 g/mol. The molecule has 2 amide bonds. The molecule has 1 aliphatic rings. The van der Waals surface area contributed by atoms with Gasteiger partial charge in [-0.25, -0.2) is 4.79 Å². The van der Waals surface area contributed by atoms with E-state index in [4.69, 9.17) is 0 Å².